The zero-order chi connectivity index (χ0) is 11.0. The zero-order valence-corrected chi connectivity index (χ0v) is 9.41. The number of ether oxygens (including phenoxy) is 2. The van der Waals surface area contributed by atoms with Crippen LogP contribution in [0.2, 0.25) is 0 Å². The van der Waals surface area contributed by atoms with Crippen molar-refractivity contribution >= 4 is 13.6 Å². The molecule has 0 rings (SSSR count). The highest BCUT2D eigenvalue weighted by atomic mass is 31.2. The Labute approximate surface area is 83.0 Å². The zero-order valence-electron chi connectivity index (χ0n) is 8.52. The molecule has 0 saturated heterocycles. The molecule has 0 atom stereocenters. The maximum absolute atomic E-state index is 11.4. The summed E-state index contributed by atoms with van der Waals surface area (Å²) in [6.45, 7) is 0.429. The van der Waals surface area contributed by atoms with Crippen molar-refractivity contribution in [3.8, 4) is 0 Å². The van der Waals surface area contributed by atoms with E-state index in [4.69, 9.17) is 0 Å². The monoisotopic (exact) mass is 226 g/mol. The van der Waals surface area contributed by atoms with Crippen LogP contribution in [0.3, 0.4) is 0 Å². The van der Waals surface area contributed by atoms with Gasteiger partial charge in [0.1, 0.15) is 12.8 Å². The number of hydrogen-bond acceptors (Lipinski definition) is 6. The Bertz CT molecular complexity index is 208. The molecule has 6 nitrogen and oxygen atoms in total. The average Bonchev–Trinajstić information content (AvgIpc) is 2.18. The summed E-state index contributed by atoms with van der Waals surface area (Å²) >= 11 is 0. The molecule has 0 spiro atoms. The second-order valence-corrected chi connectivity index (χ2v) is 4.62. The van der Waals surface area contributed by atoms with Crippen LogP contribution in [0.4, 0.5) is 0 Å². The van der Waals surface area contributed by atoms with Gasteiger partial charge in [0.2, 0.25) is 0 Å². The van der Waals surface area contributed by atoms with Crippen LogP contribution >= 0.6 is 7.60 Å². The molecule has 0 aromatic heterocycles. The SMILES string of the molecule is COCCOC(=O)CP(=O)(OC)OC. The Kier molecular flexibility index (Phi) is 6.74. The van der Waals surface area contributed by atoms with Crippen molar-refractivity contribution in [2.45, 2.75) is 0 Å². The van der Waals surface area contributed by atoms with E-state index in [1.807, 2.05) is 0 Å². The molecule has 0 N–H and O–H groups in total. The molecule has 0 fully saturated rings. The maximum atomic E-state index is 11.4. The summed E-state index contributed by atoms with van der Waals surface area (Å²) in [6, 6.07) is 0. The van der Waals surface area contributed by atoms with Crippen molar-refractivity contribution in [1.29, 1.82) is 0 Å². The van der Waals surface area contributed by atoms with Gasteiger partial charge in [0.15, 0.2) is 0 Å². The summed E-state index contributed by atoms with van der Waals surface area (Å²) in [5.41, 5.74) is 0. The van der Waals surface area contributed by atoms with Crippen LogP contribution in [-0.4, -0.2) is 46.7 Å². The van der Waals surface area contributed by atoms with Gasteiger partial charge < -0.3 is 18.5 Å². The van der Waals surface area contributed by atoms with E-state index in [1.54, 1.807) is 0 Å². The number of carbonyl (C=O) groups excluding carboxylic acids is 1. The third kappa shape index (κ3) is 5.34. The second-order valence-electron chi connectivity index (χ2n) is 2.35. The molecule has 0 bridgehead atoms. The van der Waals surface area contributed by atoms with E-state index in [1.165, 1.54) is 21.3 Å². The van der Waals surface area contributed by atoms with E-state index in [0.717, 1.165) is 0 Å². The molecular formula is C7H15O6P. The van der Waals surface area contributed by atoms with Gasteiger partial charge in [-0.1, -0.05) is 0 Å². The lowest BCUT2D eigenvalue weighted by Crippen LogP contribution is -2.14. The van der Waals surface area contributed by atoms with Crippen LogP contribution in [-0.2, 0) is 27.9 Å². The van der Waals surface area contributed by atoms with Crippen LogP contribution < -0.4 is 0 Å². The molecule has 0 heterocycles. The van der Waals surface area contributed by atoms with Crippen LogP contribution in [0.25, 0.3) is 0 Å². The minimum absolute atomic E-state index is 0.128. The van der Waals surface area contributed by atoms with Crippen molar-refractivity contribution in [3.63, 3.8) is 0 Å². The molecule has 7 heteroatoms. The highest BCUT2D eigenvalue weighted by Gasteiger charge is 2.26. The van der Waals surface area contributed by atoms with Crippen LogP contribution in [0.5, 0.6) is 0 Å². The molecule has 0 unspecified atom stereocenters. The Balaban J connectivity index is 3.86. The highest BCUT2D eigenvalue weighted by Crippen LogP contribution is 2.45. The lowest BCUT2D eigenvalue weighted by molar-refractivity contribution is -0.142. The largest absolute Gasteiger partial charge is 0.463 e. The molecule has 0 aliphatic rings. The number of carbonyl (C=O) groups is 1. The Hall–Kier alpha value is -0.420. The predicted octanol–water partition coefficient (Wildman–Crippen LogP) is 0.662. The van der Waals surface area contributed by atoms with E-state index in [2.05, 4.69) is 18.5 Å². The predicted molar refractivity (Wildman–Crippen MR) is 49.3 cm³/mol. The van der Waals surface area contributed by atoms with Gasteiger partial charge in [0, 0.05) is 21.3 Å². The van der Waals surface area contributed by atoms with E-state index in [-0.39, 0.29) is 12.8 Å². The topological polar surface area (TPSA) is 71.1 Å². The Morgan fingerprint density at radius 3 is 2.14 bits per heavy atom. The molecule has 0 aromatic carbocycles. The molecule has 0 saturated carbocycles. The van der Waals surface area contributed by atoms with Gasteiger partial charge in [0.05, 0.1) is 6.61 Å². The van der Waals surface area contributed by atoms with Crippen molar-refractivity contribution in [1.82, 2.24) is 0 Å². The van der Waals surface area contributed by atoms with Gasteiger partial charge in [-0.25, -0.2) is 0 Å². The fourth-order valence-electron chi connectivity index (χ4n) is 0.646. The Morgan fingerprint density at radius 2 is 1.71 bits per heavy atom. The summed E-state index contributed by atoms with van der Waals surface area (Å²) in [5.74, 6) is -0.630. The van der Waals surface area contributed by atoms with Gasteiger partial charge in [-0.2, -0.15) is 0 Å². The van der Waals surface area contributed by atoms with E-state index in [0.29, 0.717) is 6.61 Å². The van der Waals surface area contributed by atoms with Crippen molar-refractivity contribution < 1.29 is 27.9 Å². The maximum Gasteiger partial charge on any atom is 0.341 e. The first-order chi connectivity index (χ1) is 6.58. The molecule has 0 aromatic rings. The van der Waals surface area contributed by atoms with Crippen LogP contribution in [0.1, 0.15) is 0 Å². The van der Waals surface area contributed by atoms with E-state index in [9.17, 15) is 9.36 Å². The average molecular weight is 226 g/mol. The van der Waals surface area contributed by atoms with Crippen LogP contribution in [0, 0.1) is 0 Å². The van der Waals surface area contributed by atoms with Gasteiger partial charge in [-0.3, -0.25) is 9.36 Å². The van der Waals surface area contributed by atoms with Crippen molar-refractivity contribution in [2.75, 3.05) is 40.7 Å². The van der Waals surface area contributed by atoms with Crippen molar-refractivity contribution in [2.24, 2.45) is 0 Å². The van der Waals surface area contributed by atoms with Crippen molar-refractivity contribution in [3.05, 3.63) is 0 Å². The standard InChI is InChI=1S/C7H15O6P/c1-10-4-5-13-7(8)6-14(9,11-2)12-3/h4-6H2,1-3H3. The summed E-state index contributed by atoms with van der Waals surface area (Å²) in [4.78, 5) is 11.0. The Morgan fingerprint density at radius 1 is 1.14 bits per heavy atom. The molecule has 0 aliphatic heterocycles. The number of rotatable bonds is 7. The summed E-state index contributed by atoms with van der Waals surface area (Å²) in [6.07, 6.45) is -0.385. The summed E-state index contributed by atoms with van der Waals surface area (Å²) < 4.78 is 29.9. The molecule has 0 aliphatic carbocycles. The minimum atomic E-state index is -3.30. The van der Waals surface area contributed by atoms with Gasteiger partial charge >= 0.3 is 13.6 Å². The quantitative estimate of drug-likeness (QED) is 0.361. The molecule has 14 heavy (non-hydrogen) atoms. The molecule has 0 radical (unpaired) electrons. The lowest BCUT2D eigenvalue weighted by atomic mass is 10.7. The van der Waals surface area contributed by atoms with Gasteiger partial charge in [-0.15, -0.1) is 0 Å². The molecule has 84 valence electrons. The normalized spacial score (nSPS) is 11.4. The minimum Gasteiger partial charge on any atom is -0.463 e. The number of hydrogen-bond donors (Lipinski definition) is 0. The first-order valence-corrected chi connectivity index (χ1v) is 5.66. The van der Waals surface area contributed by atoms with E-state index < -0.39 is 13.6 Å². The number of esters is 1. The summed E-state index contributed by atoms with van der Waals surface area (Å²) in [5, 5.41) is 0. The highest BCUT2D eigenvalue weighted by molar-refractivity contribution is 7.54. The summed E-state index contributed by atoms with van der Waals surface area (Å²) in [7, 11) is 0.618. The fraction of sp³-hybridized carbons (Fsp3) is 0.857. The van der Waals surface area contributed by atoms with Gasteiger partial charge in [-0.05, 0) is 0 Å². The fourth-order valence-corrected chi connectivity index (χ4v) is 1.46. The van der Waals surface area contributed by atoms with E-state index >= 15 is 0 Å². The van der Waals surface area contributed by atoms with Gasteiger partial charge in [0.25, 0.3) is 0 Å². The molecule has 0 amide bonds. The second kappa shape index (κ2) is 6.95. The first-order valence-electron chi connectivity index (χ1n) is 3.93. The smallest absolute Gasteiger partial charge is 0.341 e. The van der Waals surface area contributed by atoms with Crippen LogP contribution in [0.15, 0.2) is 0 Å². The lowest BCUT2D eigenvalue weighted by Gasteiger charge is -2.12. The number of methoxy groups -OCH3 is 1. The molecular weight excluding hydrogens is 211 g/mol. The third-order valence-corrected chi connectivity index (χ3v) is 3.19. The third-order valence-electron chi connectivity index (χ3n) is 1.43. The first kappa shape index (κ1) is 13.6.